The zero-order valence-electron chi connectivity index (χ0n) is 20.5. The molecule has 0 spiro atoms. The van der Waals surface area contributed by atoms with Gasteiger partial charge in [0.1, 0.15) is 6.26 Å². The number of piperidine rings is 1. The van der Waals surface area contributed by atoms with Crippen LogP contribution in [-0.2, 0) is 36.0 Å². The van der Waals surface area contributed by atoms with Crippen molar-refractivity contribution in [3.8, 4) is 11.8 Å². The first-order valence-corrected chi connectivity index (χ1v) is 12.1. The van der Waals surface area contributed by atoms with Crippen LogP contribution in [0, 0.1) is 11.8 Å². The minimum atomic E-state index is -0.508. The fraction of sp³-hybridized carbons (Fsp3) is 0.423. The number of hydrogen-bond acceptors (Lipinski definition) is 7. The van der Waals surface area contributed by atoms with Gasteiger partial charge in [-0.15, -0.1) is 5.92 Å². The summed E-state index contributed by atoms with van der Waals surface area (Å²) in [5.74, 6) is 6.95. The lowest BCUT2D eigenvalue weighted by Gasteiger charge is -2.31. The third kappa shape index (κ3) is 4.50. The molecule has 2 aliphatic rings. The monoisotopic (exact) mass is 490 g/mol. The summed E-state index contributed by atoms with van der Waals surface area (Å²) < 4.78 is 15.9. The first-order valence-electron chi connectivity index (χ1n) is 12.1. The summed E-state index contributed by atoms with van der Waals surface area (Å²) in [6, 6.07) is 9.87. The van der Waals surface area contributed by atoms with Gasteiger partial charge < -0.3 is 20.1 Å². The molecule has 4 heterocycles. The van der Waals surface area contributed by atoms with Gasteiger partial charge in [0.15, 0.2) is 16.9 Å². The maximum atomic E-state index is 13.7. The molecule has 2 N–H and O–H groups in total. The largest absolute Gasteiger partial charge is 0.459 e. The summed E-state index contributed by atoms with van der Waals surface area (Å²) in [4.78, 5) is 33.7. The Kier molecular flexibility index (Phi) is 6.57. The van der Waals surface area contributed by atoms with Crippen LogP contribution in [0.25, 0.3) is 11.2 Å². The number of imidazole rings is 1. The van der Waals surface area contributed by atoms with Crippen molar-refractivity contribution in [1.29, 1.82) is 0 Å². The number of ether oxygens (including phenoxy) is 2. The average Bonchev–Trinajstić information content (AvgIpc) is 3.49. The Morgan fingerprint density at radius 1 is 1.19 bits per heavy atom. The number of aromatic nitrogens is 4. The third-order valence-electron chi connectivity index (χ3n) is 6.56. The van der Waals surface area contributed by atoms with E-state index in [4.69, 9.17) is 20.2 Å². The molecule has 10 heteroatoms. The smallest absolute Gasteiger partial charge is 0.332 e. The van der Waals surface area contributed by atoms with Gasteiger partial charge in [0, 0.05) is 32.6 Å². The molecule has 188 valence electrons. The fourth-order valence-electron chi connectivity index (χ4n) is 4.74. The van der Waals surface area contributed by atoms with Crippen molar-refractivity contribution in [3.05, 3.63) is 68.8 Å². The zero-order chi connectivity index (χ0) is 25.2. The number of nitrogens with two attached hydrogens (primary N) is 1. The number of allylic oxidation sites excluding steroid dienone is 1. The summed E-state index contributed by atoms with van der Waals surface area (Å²) >= 11 is 0. The molecule has 3 aromatic rings. The van der Waals surface area contributed by atoms with Crippen molar-refractivity contribution in [2.45, 2.75) is 51.6 Å². The molecular weight excluding hydrogens is 460 g/mol. The Bertz CT molecular complexity index is 1470. The molecular formula is C26H30N6O4. The standard InChI is InChI=1S/C26H30N6O4/c1-3-4-13-31-22-23(28-25(31)30-12-8-11-19(27)15-30)29(2)26(34)32(24(22)33)16-20-17-35-21(36-20)14-18-9-6-5-7-10-18/h5-7,9-10,17,19,21H,8,11-16,27H2,1-2H3. The highest BCUT2D eigenvalue weighted by atomic mass is 16.7. The van der Waals surface area contributed by atoms with Gasteiger partial charge in [0.25, 0.3) is 5.56 Å². The van der Waals surface area contributed by atoms with Gasteiger partial charge in [-0.25, -0.2) is 4.79 Å². The van der Waals surface area contributed by atoms with E-state index in [-0.39, 0.29) is 19.1 Å². The summed E-state index contributed by atoms with van der Waals surface area (Å²) in [5.41, 5.74) is 7.01. The second kappa shape index (κ2) is 9.95. The molecule has 5 rings (SSSR count). The van der Waals surface area contributed by atoms with Gasteiger partial charge in [-0.3, -0.25) is 18.5 Å². The first kappa shape index (κ1) is 23.8. The van der Waals surface area contributed by atoms with Crippen molar-refractivity contribution >= 4 is 17.1 Å². The van der Waals surface area contributed by atoms with Crippen LogP contribution in [0.5, 0.6) is 0 Å². The molecule has 0 aliphatic carbocycles. The number of hydrogen-bond donors (Lipinski definition) is 1. The molecule has 0 bridgehead atoms. The number of fused-ring (bicyclic) bond motifs is 1. The second-order valence-corrected chi connectivity index (χ2v) is 9.14. The predicted octanol–water partition coefficient (Wildman–Crippen LogP) is 1.30. The molecule has 1 saturated heterocycles. The lowest BCUT2D eigenvalue weighted by molar-refractivity contribution is -0.0324. The Balaban J connectivity index is 1.49. The van der Waals surface area contributed by atoms with Gasteiger partial charge >= 0.3 is 5.69 Å². The maximum Gasteiger partial charge on any atom is 0.332 e. The molecule has 2 unspecified atom stereocenters. The molecule has 2 aromatic heterocycles. The summed E-state index contributed by atoms with van der Waals surface area (Å²) in [5, 5.41) is 0. The van der Waals surface area contributed by atoms with Gasteiger partial charge in [0.2, 0.25) is 12.2 Å². The number of anilines is 1. The maximum absolute atomic E-state index is 13.7. The second-order valence-electron chi connectivity index (χ2n) is 9.14. The highest BCUT2D eigenvalue weighted by Crippen LogP contribution is 2.23. The third-order valence-corrected chi connectivity index (χ3v) is 6.56. The Labute approximate surface area is 208 Å². The van der Waals surface area contributed by atoms with Crippen molar-refractivity contribution in [3.63, 3.8) is 0 Å². The van der Waals surface area contributed by atoms with Crippen LogP contribution in [0.1, 0.15) is 25.3 Å². The first-order chi connectivity index (χ1) is 17.5. The minimum Gasteiger partial charge on any atom is -0.459 e. The van der Waals surface area contributed by atoms with E-state index in [1.54, 1.807) is 18.5 Å². The molecule has 1 aromatic carbocycles. The van der Waals surface area contributed by atoms with Crippen molar-refractivity contribution < 1.29 is 9.47 Å². The van der Waals surface area contributed by atoms with E-state index < -0.39 is 17.5 Å². The normalized spacial score (nSPS) is 19.4. The Morgan fingerprint density at radius 2 is 2.00 bits per heavy atom. The van der Waals surface area contributed by atoms with E-state index in [1.807, 2.05) is 30.3 Å². The van der Waals surface area contributed by atoms with E-state index in [0.29, 0.717) is 35.8 Å². The SMILES string of the molecule is CC#CCn1c(N2CCCC(N)C2)nc2c1c(=O)n(CC1=COC(Cc3ccccc3)O1)c(=O)n2C. The number of benzene rings is 1. The molecule has 2 aliphatic heterocycles. The van der Waals surface area contributed by atoms with Crippen molar-refractivity contribution in [2.24, 2.45) is 12.8 Å². The Hall–Kier alpha value is -3.97. The highest BCUT2D eigenvalue weighted by Gasteiger charge is 2.27. The van der Waals surface area contributed by atoms with Crippen LogP contribution in [-0.4, -0.2) is 44.1 Å². The zero-order valence-corrected chi connectivity index (χ0v) is 20.5. The molecule has 36 heavy (non-hydrogen) atoms. The van der Waals surface area contributed by atoms with E-state index in [0.717, 1.165) is 29.5 Å². The van der Waals surface area contributed by atoms with Gasteiger partial charge in [-0.2, -0.15) is 4.98 Å². The molecule has 0 saturated carbocycles. The summed E-state index contributed by atoms with van der Waals surface area (Å²) in [6.07, 6.45) is 3.40. The van der Waals surface area contributed by atoms with Crippen molar-refractivity contribution in [2.75, 3.05) is 18.0 Å². The van der Waals surface area contributed by atoms with Gasteiger partial charge in [-0.05, 0) is 25.3 Å². The van der Waals surface area contributed by atoms with Crippen LogP contribution in [0.2, 0.25) is 0 Å². The van der Waals surface area contributed by atoms with E-state index in [9.17, 15) is 9.59 Å². The molecule has 2 atom stereocenters. The Morgan fingerprint density at radius 3 is 2.75 bits per heavy atom. The summed E-state index contributed by atoms with van der Waals surface area (Å²) in [6.45, 7) is 3.40. The lowest BCUT2D eigenvalue weighted by atomic mass is 10.1. The van der Waals surface area contributed by atoms with Crippen molar-refractivity contribution in [1.82, 2.24) is 18.7 Å². The molecule has 1 fully saturated rings. The number of nitrogens with zero attached hydrogens (tertiary/aromatic N) is 5. The van der Waals surface area contributed by atoms with Crippen LogP contribution in [0.4, 0.5) is 5.95 Å². The fourth-order valence-corrected chi connectivity index (χ4v) is 4.74. The van der Waals surface area contributed by atoms with Crippen LogP contribution in [0.3, 0.4) is 0 Å². The number of aryl methyl sites for hydroxylation is 1. The number of rotatable bonds is 6. The van der Waals surface area contributed by atoms with E-state index in [2.05, 4.69) is 16.7 Å². The average molecular weight is 491 g/mol. The topological polar surface area (TPSA) is 110 Å². The predicted molar refractivity (Wildman–Crippen MR) is 136 cm³/mol. The highest BCUT2D eigenvalue weighted by molar-refractivity contribution is 5.75. The van der Waals surface area contributed by atoms with E-state index >= 15 is 0 Å². The van der Waals surface area contributed by atoms with Gasteiger partial charge in [-0.1, -0.05) is 36.3 Å². The molecule has 10 nitrogen and oxygen atoms in total. The minimum absolute atomic E-state index is 0.0278. The van der Waals surface area contributed by atoms with E-state index in [1.165, 1.54) is 10.8 Å². The summed E-state index contributed by atoms with van der Waals surface area (Å²) in [7, 11) is 1.62. The van der Waals surface area contributed by atoms with Crippen LogP contribution < -0.4 is 21.9 Å². The molecule has 0 amide bonds. The quantitative estimate of drug-likeness (QED) is 0.519. The van der Waals surface area contributed by atoms with Gasteiger partial charge in [0.05, 0.1) is 13.1 Å². The van der Waals surface area contributed by atoms with Crippen LogP contribution in [0.15, 0.2) is 51.9 Å². The van der Waals surface area contributed by atoms with Crippen LogP contribution >= 0.6 is 0 Å². The molecule has 0 radical (unpaired) electrons. The lowest BCUT2D eigenvalue weighted by Crippen LogP contribution is -2.44.